The Bertz CT molecular complexity index is 775. The van der Waals surface area contributed by atoms with Crippen LogP contribution < -0.4 is 10.6 Å². The summed E-state index contributed by atoms with van der Waals surface area (Å²) >= 11 is 0. The van der Waals surface area contributed by atoms with Crippen LogP contribution in [0.4, 0.5) is 0 Å². The first-order valence-corrected chi connectivity index (χ1v) is 10.3. The molecule has 27 heavy (non-hydrogen) atoms. The van der Waals surface area contributed by atoms with Gasteiger partial charge >= 0.3 is 0 Å². The molecule has 1 aliphatic heterocycles. The topological polar surface area (TPSA) is 67.1 Å². The van der Waals surface area contributed by atoms with Gasteiger partial charge in [-0.3, -0.25) is 0 Å². The van der Waals surface area contributed by atoms with E-state index >= 15 is 0 Å². The zero-order valence-electron chi connectivity index (χ0n) is 16.2. The van der Waals surface area contributed by atoms with Gasteiger partial charge in [-0.25, -0.2) is 4.99 Å². The zero-order valence-corrected chi connectivity index (χ0v) is 16.2. The SMILES string of the molecule is CCNC(=NCc1nnc2n1CCCC2)NCC1(c2ccccc2)CCC1. The Morgan fingerprint density at radius 2 is 1.96 bits per heavy atom. The molecule has 6 nitrogen and oxygen atoms in total. The smallest absolute Gasteiger partial charge is 0.191 e. The first-order chi connectivity index (χ1) is 13.3. The van der Waals surface area contributed by atoms with Crippen LogP contribution in [0.1, 0.15) is 56.2 Å². The van der Waals surface area contributed by atoms with Gasteiger partial charge in [0.1, 0.15) is 12.4 Å². The zero-order chi connectivity index (χ0) is 18.5. The lowest BCUT2D eigenvalue weighted by Gasteiger charge is -2.43. The molecule has 1 fully saturated rings. The molecule has 2 aliphatic rings. The van der Waals surface area contributed by atoms with E-state index in [1.807, 2.05) is 0 Å². The molecule has 0 radical (unpaired) electrons. The Kier molecular flexibility index (Phi) is 5.41. The molecule has 1 aromatic carbocycles. The molecule has 6 heteroatoms. The van der Waals surface area contributed by atoms with Crippen molar-refractivity contribution >= 4 is 5.96 Å². The number of guanidine groups is 1. The van der Waals surface area contributed by atoms with Crippen molar-refractivity contribution in [2.24, 2.45) is 4.99 Å². The van der Waals surface area contributed by atoms with Crippen molar-refractivity contribution in [1.29, 1.82) is 0 Å². The number of hydrogen-bond donors (Lipinski definition) is 2. The third-order valence-electron chi connectivity index (χ3n) is 5.95. The van der Waals surface area contributed by atoms with E-state index in [1.165, 1.54) is 37.7 Å². The van der Waals surface area contributed by atoms with Crippen LogP contribution in [0.25, 0.3) is 0 Å². The summed E-state index contributed by atoms with van der Waals surface area (Å²) in [5, 5.41) is 15.7. The monoisotopic (exact) mass is 366 g/mol. The van der Waals surface area contributed by atoms with Crippen LogP contribution in [-0.2, 0) is 24.9 Å². The summed E-state index contributed by atoms with van der Waals surface area (Å²) < 4.78 is 2.24. The fourth-order valence-corrected chi connectivity index (χ4v) is 4.19. The lowest BCUT2D eigenvalue weighted by atomic mass is 9.64. The van der Waals surface area contributed by atoms with Gasteiger partial charge in [0, 0.05) is 31.5 Å². The molecule has 144 valence electrons. The first kappa shape index (κ1) is 18.0. The number of nitrogens with zero attached hydrogens (tertiary/aromatic N) is 4. The summed E-state index contributed by atoms with van der Waals surface area (Å²) in [7, 11) is 0. The molecule has 0 bridgehead atoms. The molecule has 2 heterocycles. The Balaban J connectivity index is 1.43. The highest BCUT2D eigenvalue weighted by atomic mass is 15.3. The van der Waals surface area contributed by atoms with Crippen LogP contribution in [0.3, 0.4) is 0 Å². The maximum Gasteiger partial charge on any atom is 0.191 e. The summed E-state index contributed by atoms with van der Waals surface area (Å²) in [5.41, 5.74) is 1.68. The number of aromatic nitrogens is 3. The van der Waals surface area contributed by atoms with Crippen LogP contribution in [0.15, 0.2) is 35.3 Å². The second kappa shape index (κ2) is 8.11. The third-order valence-corrected chi connectivity index (χ3v) is 5.95. The predicted molar refractivity (Wildman–Crippen MR) is 108 cm³/mol. The van der Waals surface area contributed by atoms with Gasteiger partial charge in [0.2, 0.25) is 0 Å². The van der Waals surface area contributed by atoms with Gasteiger partial charge in [0.05, 0.1) is 0 Å². The molecule has 0 amide bonds. The van der Waals surface area contributed by atoms with E-state index in [2.05, 4.69) is 62.7 Å². The van der Waals surface area contributed by atoms with Crippen molar-refractivity contribution in [3.8, 4) is 0 Å². The number of aliphatic imine (C=N–C) groups is 1. The van der Waals surface area contributed by atoms with Gasteiger partial charge in [-0.05, 0) is 38.2 Å². The summed E-state index contributed by atoms with van der Waals surface area (Å²) in [6.07, 6.45) is 7.24. The highest BCUT2D eigenvalue weighted by Gasteiger charge is 2.38. The Morgan fingerprint density at radius 1 is 1.11 bits per heavy atom. The minimum absolute atomic E-state index is 0.242. The molecule has 0 saturated heterocycles. The molecule has 0 spiro atoms. The lowest BCUT2D eigenvalue weighted by Crippen LogP contribution is -2.48. The maximum atomic E-state index is 4.79. The fraction of sp³-hybridized carbons (Fsp3) is 0.571. The van der Waals surface area contributed by atoms with E-state index in [9.17, 15) is 0 Å². The molecule has 1 aromatic heterocycles. The van der Waals surface area contributed by atoms with Crippen molar-refractivity contribution < 1.29 is 0 Å². The average molecular weight is 367 g/mol. The average Bonchev–Trinajstić information content (AvgIpc) is 3.09. The van der Waals surface area contributed by atoms with Gasteiger partial charge in [0.15, 0.2) is 11.8 Å². The molecule has 2 aromatic rings. The quantitative estimate of drug-likeness (QED) is 0.609. The van der Waals surface area contributed by atoms with Gasteiger partial charge in [-0.2, -0.15) is 0 Å². The predicted octanol–water partition coefficient (Wildman–Crippen LogP) is 2.79. The highest BCUT2D eigenvalue weighted by molar-refractivity contribution is 5.79. The van der Waals surface area contributed by atoms with Crippen molar-refractivity contribution in [3.63, 3.8) is 0 Å². The number of hydrogen-bond acceptors (Lipinski definition) is 3. The van der Waals surface area contributed by atoms with Crippen LogP contribution in [0.5, 0.6) is 0 Å². The second-order valence-electron chi connectivity index (χ2n) is 7.69. The lowest BCUT2D eigenvalue weighted by molar-refractivity contribution is 0.244. The molecule has 0 unspecified atom stereocenters. The van der Waals surface area contributed by atoms with Gasteiger partial charge in [-0.1, -0.05) is 36.8 Å². The normalized spacial score (nSPS) is 18.5. The molecular weight excluding hydrogens is 336 g/mol. The van der Waals surface area contributed by atoms with E-state index < -0.39 is 0 Å². The number of benzene rings is 1. The Morgan fingerprint density at radius 3 is 2.70 bits per heavy atom. The fourth-order valence-electron chi connectivity index (χ4n) is 4.19. The van der Waals surface area contributed by atoms with Gasteiger partial charge in [-0.15, -0.1) is 10.2 Å². The number of fused-ring (bicyclic) bond motifs is 1. The minimum atomic E-state index is 0.242. The molecule has 1 aliphatic carbocycles. The van der Waals surface area contributed by atoms with Crippen LogP contribution in [0, 0.1) is 0 Å². The molecule has 1 saturated carbocycles. The van der Waals surface area contributed by atoms with E-state index in [-0.39, 0.29) is 5.41 Å². The van der Waals surface area contributed by atoms with Crippen LogP contribution in [-0.4, -0.2) is 33.8 Å². The Hall–Kier alpha value is -2.37. The number of nitrogens with one attached hydrogen (secondary N) is 2. The first-order valence-electron chi connectivity index (χ1n) is 10.3. The van der Waals surface area contributed by atoms with Crippen LogP contribution in [0.2, 0.25) is 0 Å². The van der Waals surface area contributed by atoms with E-state index in [0.29, 0.717) is 6.54 Å². The van der Waals surface area contributed by atoms with Crippen molar-refractivity contribution in [1.82, 2.24) is 25.4 Å². The summed E-state index contributed by atoms with van der Waals surface area (Å²) in [4.78, 5) is 4.79. The largest absolute Gasteiger partial charge is 0.357 e. The standard InChI is InChI=1S/C21H30N6/c1-2-22-20(23-15-19-26-25-18-11-6-7-14-27(18)19)24-16-21(12-8-13-21)17-9-4-3-5-10-17/h3-5,9-10H,2,6-8,11-16H2,1H3,(H2,22,23,24). The molecule has 0 atom stereocenters. The molecule has 2 N–H and O–H groups in total. The second-order valence-corrected chi connectivity index (χ2v) is 7.69. The van der Waals surface area contributed by atoms with Crippen LogP contribution >= 0.6 is 0 Å². The van der Waals surface area contributed by atoms with Gasteiger partial charge < -0.3 is 15.2 Å². The summed E-state index contributed by atoms with van der Waals surface area (Å²) in [6, 6.07) is 10.9. The third kappa shape index (κ3) is 3.84. The number of aryl methyl sites for hydroxylation is 1. The number of rotatable bonds is 6. The molecular formula is C21H30N6. The molecule has 4 rings (SSSR count). The van der Waals surface area contributed by atoms with Crippen molar-refractivity contribution in [2.75, 3.05) is 13.1 Å². The Labute approximate surface area is 161 Å². The maximum absolute atomic E-state index is 4.79. The highest BCUT2D eigenvalue weighted by Crippen LogP contribution is 2.43. The van der Waals surface area contributed by atoms with E-state index in [1.54, 1.807) is 0 Å². The van der Waals surface area contributed by atoms with Crippen molar-refractivity contribution in [3.05, 3.63) is 47.5 Å². The van der Waals surface area contributed by atoms with E-state index in [0.717, 1.165) is 43.7 Å². The summed E-state index contributed by atoms with van der Waals surface area (Å²) in [6.45, 7) is 5.46. The van der Waals surface area contributed by atoms with Gasteiger partial charge in [0.25, 0.3) is 0 Å². The van der Waals surface area contributed by atoms with Crippen molar-refractivity contribution in [2.45, 2.75) is 64.0 Å². The van der Waals surface area contributed by atoms with E-state index in [4.69, 9.17) is 4.99 Å². The minimum Gasteiger partial charge on any atom is -0.357 e. The summed E-state index contributed by atoms with van der Waals surface area (Å²) in [5.74, 6) is 2.96.